The average Bonchev–Trinajstić information content (AvgIpc) is 2.42. The maximum atomic E-state index is 12.1. The van der Waals surface area contributed by atoms with Gasteiger partial charge in [0.05, 0.1) is 11.6 Å². The smallest absolute Gasteiger partial charge is 0.251 e. The summed E-state index contributed by atoms with van der Waals surface area (Å²) in [6.07, 6.45) is 0. The predicted octanol–water partition coefficient (Wildman–Crippen LogP) is 0.890. The van der Waals surface area contributed by atoms with Crippen molar-refractivity contribution < 1.29 is 9.59 Å². The Hall–Kier alpha value is -2.03. The summed E-state index contributed by atoms with van der Waals surface area (Å²) in [5, 5.41) is 2.94. The summed E-state index contributed by atoms with van der Waals surface area (Å²) in [5.74, 6) is 4.41. The Bertz CT molecular complexity index is 603. The first-order valence-corrected chi connectivity index (χ1v) is 6.83. The fourth-order valence-electron chi connectivity index (χ4n) is 1.69. The van der Waals surface area contributed by atoms with Crippen molar-refractivity contribution in [1.82, 2.24) is 5.32 Å². The molecular weight excluding hydrogens is 290 g/mol. The van der Waals surface area contributed by atoms with E-state index in [0.29, 0.717) is 16.1 Å². The standard InChI is InChI=1S/C15H18ClN3O2/c1-9(2)13(14(18)20)19-15(21)11-6-5-10(4-3-7-17)12(16)8-11/h5-6,8-9,13H,7,17H2,1-2H3,(H2,18,20)(H,19,21). The molecule has 6 heteroatoms. The van der Waals surface area contributed by atoms with Crippen LogP contribution in [0.15, 0.2) is 18.2 Å². The molecule has 0 saturated heterocycles. The lowest BCUT2D eigenvalue weighted by Gasteiger charge is -2.19. The van der Waals surface area contributed by atoms with Gasteiger partial charge in [-0.25, -0.2) is 0 Å². The number of nitrogens with one attached hydrogen (secondary N) is 1. The quantitative estimate of drug-likeness (QED) is 0.720. The Balaban J connectivity index is 2.93. The number of nitrogens with two attached hydrogens (primary N) is 2. The molecule has 1 aromatic carbocycles. The van der Waals surface area contributed by atoms with Crippen molar-refractivity contribution >= 4 is 23.4 Å². The Morgan fingerprint density at radius 2 is 2.05 bits per heavy atom. The third kappa shape index (κ3) is 4.78. The number of primary amides is 1. The van der Waals surface area contributed by atoms with Crippen molar-refractivity contribution in [2.24, 2.45) is 17.4 Å². The minimum absolute atomic E-state index is 0.100. The van der Waals surface area contributed by atoms with Crippen LogP contribution in [-0.2, 0) is 4.79 Å². The largest absolute Gasteiger partial charge is 0.368 e. The SMILES string of the molecule is CC(C)C(NC(=O)c1ccc(C#CCN)c(Cl)c1)C(N)=O. The zero-order chi connectivity index (χ0) is 16.0. The molecule has 1 rings (SSSR count). The molecule has 0 heterocycles. The highest BCUT2D eigenvalue weighted by Gasteiger charge is 2.22. The Morgan fingerprint density at radius 1 is 1.38 bits per heavy atom. The van der Waals surface area contributed by atoms with Gasteiger partial charge in [-0.15, -0.1) is 0 Å². The van der Waals surface area contributed by atoms with Gasteiger partial charge in [-0.05, 0) is 24.1 Å². The Morgan fingerprint density at radius 3 is 2.52 bits per heavy atom. The average molecular weight is 308 g/mol. The molecule has 1 aromatic rings. The van der Waals surface area contributed by atoms with Crippen LogP contribution < -0.4 is 16.8 Å². The van der Waals surface area contributed by atoms with Crippen LogP contribution >= 0.6 is 11.6 Å². The van der Waals surface area contributed by atoms with Crippen LogP contribution in [0.3, 0.4) is 0 Å². The van der Waals surface area contributed by atoms with E-state index in [0.717, 1.165) is 0 Å². The zero-order valence-corrected chi connectivity index (χ0v) is 12.7. The number of benzene rings is 1. The number of carbonyl (C=O) groups is 2. The summed E-state index contributed by atoms with van der Waals surface area (Å²) in [6, 6.07) is 3.98. The summed E-state index contributed by atoms with van der Waals surface area (Å²) >= 11 is 6.06. The fraction of sp³-hybridized carbons (Fsp3) is 0.333. The van der Waals surface area contributed by atoms with E-state index >= 15 is 0 Å². The summed E-state index contributed by atoms with van der Waals surface area (Å²) < 4.78 is 0. The maximum Gasteiger partial charge on any atom is 0.251 e. The van der Waals surface area contributed by atoms with Gasteiger partial charge < -0.3 is 16.8 Å². The summed E-state index contributed by atoms with van der Waals surface area (Å²) in [7, 11) is 0. The van der Waals surface area contributed by atoms with Gasteiger partial charge in [-0.1, -0.05) is 37.3 Å². The van der Waals surface area contributed by atoms with E-state index in [9.17, 15) is 9.59 Å². The molecule has 0 saturated carbocycles. The predicted molar refractivity (Wildman–Crippen MR) is 82.7 cm³/mol. The van der Waals surface area contributed by atoms with E-state index in [-0.39, 0.29) is 12.5 Å². The first-order chi connectivity index (χ1) is 9.86. The van der Waals surface area contributed by atoms with Gasteiger partial charge in [-0.2, -0.15) is 0 Å². The van der Waals surface area contributed by atoms with Crippen LogP contribution in [-0.4, -0.2) is 24.4 Å². The van der Waals surface area contributed by atoms with E-state index in [1.807, 2.05) is 0 Å². The summed E-state index contributed by atoms with van der Waals surface area (Å²) in [5.41, 5.74) is 11.5. The van der Waals surface area contributed by atoms with Crippen LogP contribution in [0.2, 0.25) is 5.02 Å². The van der Waals surface area contributed by atoms with Crippen molar-refractivity contribution in [3.8, 4) is 11.8 Å². The van der Waals surface area contributed by atoms with Crippen molar-refractivity contribution in [1.29, 1.82) is 0 Å². The molecule has 0 bridgehead atoms. The third-order valence-corrected chi connectivity index (χ3v) is 3.13. The molecule has 2 amide bonds. The molecule has 0 fully saturated rings. The summed E-state index contributed by atoms with van der Waals surface area (Å²) in [6.45, 7) is 3.83. The highest BCUT2D eigenvalue weighted by molar-refractivity contribution is 6.32. The normalized spacial score (nSPS) is 11.5. The fourth-order valence-corrected chi connectivity index (χ4v) is 1.92. The van der Waals surface area contributed by atoms with Crippen molar-refractivity contribution in [3.63, 3.8) is 0 Å². The molecule has 0 aliphatic carbocycles. The van der Waals surface area contributed by atoms with Crippen molar-refractivity contribution in [2.45, 2.75) is 19.9 Å². The second-order valence-corrected chi connectivity index (χ2v) is 5.21. The maximum absolute atomic E-state index is 12.1. The topological polar surface area (TPSA) is 98.2 Å². The molecule has 0 spiro atoms. The zero-order valence-electron chi connectivity index (χ0n) is 11.9. The molecule has 0 aliphatic rings. The van der Waals surface area contributed by atoms with Crippen molar-refractivity contribution in [3.05, 3.63) is 34.3 Å². The van der Waals surface area contributed by atoms with Crippen LogP contribution in [0.5, 0.6) is 0 Å². The van der Waals surface area contributed by atoms with E-state index in [2.05, 4.69) is 17.2 Å². The monoisotopic (exact) mass is 307 g/mol. The molecule has 112 valence electrons. The highest BCUT2D eigenvalue weighted by Crippen LogP contribution is 2.17. The summed E-state index contributed by atoms with van der Waals surface area (Å²) in [4.78, 5) is 23.4. The first-order valence-electron chi connectivity index (χ1n) is 6.45. The molecule has 1 atom stereocenters. The Labute approximate surface area is 129 Å². The van der Waals surface area contributed by atoms with Gasteiger partial charge in [-0.3, -0.25) is 9.59 Å². The molecule has 0 aromatic heterocycles. The molecule has 5 N–H and O–H groups in total. The van der Waals surface area contributed by atoms with Crippen LogP contribution in [0.4, 0.5) is 0 Å². The first kappa shape index (κ1) is 17.0. The number of hydrogen-bond donors (Lipinski definition) is 3. The van der Waals surface area contributed by atoms with Gasteiger partial charge in [0.25, 0.3) is 5.91 Å². The Kier molecular flexibility index (Phi) is 6.22. The number of hydrogen-bond acceptors (Lipinski definition) is 3. The van der Waals surface area contributed by atoms with E-state index < -0.39 is 17.9 Å². The van der Waals surface area contributed by atoms with Gasteiger partial charge in [0.2, 0.25) is 5.91 Å². The van der Waals surface area contributed by atoms with E-state index in [1.54, 1.807) is 26.0 Å². The second-order valence-electron chi connectivity index (χ2n) is 4.80. The minimum atomic E-state index is -0.729. The second kappa shape index (κ2) is 7.67. The number of amides is 2. The lowest BCUT2D eigenvalue weighted by molar-refractivity contribution is -0.120. The molecule has 0 aliphatic heterocycles. The number of rotatable bonds is 4. The van der Waals surface area contributed by atoms with Crippen LogP contribution in [0, 0.1) is 17.8 Å². The lowest BCUT2D eigenvalue weighted by atomic mass is 10.0. The van der Waals surface area contributed by atoms with Crippen LogP contribution in [0.25, 0.3) is 0 Å². The molecule has 0 radical (unpaired) electrons. The van der Waals surface area contributed by atoms with Gasteiger partial charge >= 0.3 is 0 Å². The van der Waals surface area contributed by atoms with Gasteiger partial charge in [0.15, 0.2) is 0 Å². The molecule has 1 unspecified atom stereocenters. The van der Waals surface area contributed by atoms with Gasteiger partial charge in [0, 0.05) is 11.1 Å². The van der Waals surface area contributed by atoms with Crippen LogP contribution in [0.1, 0.15) is 29.8 Å². The lowest BCUT2D eigenvalue weighted by Crippen LogP contribution is -2.47. The number of carbonyl (C=O) groups excluding carboxylic acids is 2. The van der Waals surface area contributed by atoms with E-state index in [4.69, 9.17) is 23.1 Å². The number of halogens is 1. The molecular formula is C15H18ClN3O2. The van der Waals surface area contributed by atoms with Crippen molar-refractivity contribution in [2.75, 3.05) is 6.54 Å². The molecule has 5 nitrogen and oxygen atoms in total. The molecule has 21 heavy (non-hydrogen) atoms. The van der Waals surface area contributed by atoms with Gasteiger partial charge in [0.1, 0.15) is 6.04 Å². The highest BCUT2D eigenvalue weighted by atomic mass is 35.5. The van der Waals surface area contributed by atoms with E-state index in [1.165, 1.54) is 6.07 Å². The minimum Gasteiger partial charge on any atom is -0.368 e. The third-order valence-electron chi connectivity index (χ3n) is 2.82.